The van der Waals surface area contributed by atoms with Crippen LogP contribution in [-0.4, -0.2) is 55.5 Å². The van der Waals surface area contributed by atoms with E-state index in [9.17, 15) is 28.0 Å². The van der Waals surface area contributed by atoms with Crippen molar-refractivity contribution in [2.24, 2.45) is 5.92 Å². The van der Waals surface area contributed by atoms with Crippen molar-refractivity contribution in [2.45, 2.75) is 50.2 Å². The number of amides is 2. The molecule has 2 amide bonds. The third kappa shape index (κ3) is 6.91. The number of sulfonamides is 1. The maximum Gasteiger partial charge on any atom is 0.323 e. The second-order valence-electron chi connectivity index (χ2n) is 8.76. The lowest BCUT2D eigenvalue weighted by Crippen LogP contribution is -2.52. The molecular formula is C22H26Br2N4O6S2. The summed E-state index contributed by atoms with van der Waals surface area (Å²) in [4.78, 5) is 39.2. The van der Waals surface area contributed by atoms with Crippen molar-refractivity contribution >= 4 is 70.8 Å². The van der Waals surface area contributed by atoms with Gasteiger partial charge in [0.1, 0.15) is 6.04 Å². The number of ketones is 1. The minimum Gasteiger partial charge on any atom is -0.618 e. The summed E-state index contributed by atoms with van der Waals surface area (Å²) in [5.41, 5.74) is 0. The Morgan fingerprint density at radius 1 is 1.31 bits per heavy atom. The van der Waals surface area contributed by atoms with Gasteiger partial charge in [-0.05, 0) is 69.2 Å². The van der Waals surface area contributed by atoms with E-state index in [0.29, 0.717) is 17.7 Å². The molecule has 3 heterocycles. The van der Waals surface area contributed by atoms with Crippen molar-refractivity contribution in [3.63, 3.8) is 0 Å². The van der Waals surface area contributed by atoms with Gasteiger partial charge in [-0.2, -0.15) is 9.04 Å². The Kier molecular flexibility index (Phi) is 9.66. The molecule has 36 heavy (non-hydrogen) atoms. The van der Waals surface area contributed by atoms with Gasteiger partial charge in [0.15, 0.2) is 12.0 Å². The van der Waals surface area contributed by atoms with Gasteiger partial charge in [0.2, 0.25) is 5.91 Å². The number of Topliss-reactive ketones (excluding diaryl/α,β-unsaturated/α-hetero) is 1. The lowest BCUT2D eigenvalue weighted by molar-refractivity contribution is -0.646. The Labute approximate surface area is 230 Å². The Balaban J connectivity index is 1.71. The van der Waals surface area contributed by atoms with E-state index in [1.54, 1.807) is 6.07 Å². The Morgan fingerprint density at radius 2 is 2.03 bits per heavy atom. The molecule has 1 aliphatic rings. The first-order valence-electron chi connectivity index (χ1n) is 11.2. The van der Waals surface area contributed by atoms with Crippen molar-refractivity contribution in [3.05, 3.63) is 48.8 Å². The van der Waals surface area contributed by atoms with Crippen LogP contribution < -0.4 is 15.4 Å². The van der Waals surface area contributed by atoms with Gasteiger partial charge in [0.05, 0.1) is 21.3 Å². The number of pyridine rings is 1. The molecule has 0 bridgehead atoms. The highest BCUT2D eigenvalue weighted by Gasteiger charge is 2.37. The van der Waals surface area contributed by atoms with E-state index in [2.05, 4.69) is 42.5 Å². The Hall–Kier alpha value is -1.87. The number of thiophene rings is 1. The van der Waals surface area contributed by atoms with Gasteiger partial charge in [-0.3, -0.25) is 14.4 Å². The van der Waals surface area contributed by atoms with Crippen LogP contribution in [0.15, 0.2) is 43.7 Å². The number of halogens is 2. The van der Waals surface area contributed by atoms with Crippen LogP contribution in [0.3, 0.4) is 0 Å². The van der Waals surface area contributed by atoms with Crippen LogP contribution in [0, 0.1) is 11.1 Å². The molecule has 1 unspecified atom stereocenters. The molecule has 1 aliphatic heterocycles. The van der Waals surface area contributed by atoms with E-state index in [1.165, 1.54) is 29.5 Å². The third-order valence-electron chi connectivity index (χ3n) is 5.53. The SMILES string of the molecule is CC(C)CC(NC(=O)c1cc(Br)c(Br)s1)C(=O)N[C@H]1CCCN(S(=O)(=O)c2cccc[n+]2[O-])CC1=O. The van der Waals surface area contributed by atoms with E-state index in [0.717, 1.165) is 18.8 Å². The number of nitrogens with zero attached hydrogens (tertiary/aromatic N) is 2. The number of hydrogen-bond acceptors (Lipinski definition) is 7. The molecule has 1 saturated heterocycles. The van der Waals surface area contributed by atoms with E-state index in [4.69, 9.17) is 0 Å². The first-order valence-corrected chi connectivity index (χ1v) is 15.0. The smallest absolute Gasteiger partial charge is 0.323 e. The monoisotopic (exact) mass is 664 g/mol. The number of carbonyl (C=O) groups excluding carboxylic acids is 3. The normalized spacial score (nSPS) is 18.0. The lowest BCUT2D eigenvalue weighted by Gasteiger charge is -2.23. The van der Waals surface area contributed by atoms with Crippen LogP contribution in [0.25, 0.3) is 0 Å². The third-order valence-corrected chi connectivity index (χ3v) is 10.6. The molecule has 196 valence electrons. The minimum atomic E-state index is -4.19. The summed E-state index contributed by atoms with van der Waals surface area (Å²) in [5.74, 6) is -1.33. The van der Waals surface area contributed by atoms with Crippen molar-refractivity contribution in [1.29, 1.82) is 0 Å². The molecule has 0 saturated carbocycles. The summed E-state index contributed by atoms with van der Waals surface area (Å²) in [6, 6.07) is 3.88. The largest absolute Gasteiger partial charge is 0.618 e. The summed E-state index contributed by atoms with van der Waals surface area (Å²) in [6.07, 6.45) is 1.96. The van der Waals surface area contributed by atoms with Crippen LogP contribution in [0.1, 0.15) is 42.8 Å². The Morgan fingerprint density at radius 3 is 2.64 bits per heavy atom. The van der Waals surface area contributed by atoms with Crippen LogP contribution >= 0.6 is 43.2 Å². The van der Waals surface area contributed by atoms with Gasteiger partial charge < -0.3 is 15.8 Å². The highest BCUT2D eigenvalue weighted by atomic mass is 79.9. The molecule has 2 aromatic heterocycles. The first-order chi connectivity index (χ1) is 16.9. The molecule has 10 nitrogen and oxygen atoms in total. The highest BCUT2D eigenvalue weighted by molar-refractivity contribution is 9.13. The molecule has 2 N–H and O–H groups in total. The predicted octanol–water partition coefficient (Wildman–Crippen LogP) is 2.59. The van der Waals surface area contributed by atoms with Gasteiger partial charge in [0.25, 0.3) is 5.91 Å². The zero-order valence-electron chi connectivity index (χ0n) is 19.6. The summed E-state index contributed by atoms with van der Waals surface area (Å²) >= 11 is 7.91. The van der Waals surface area contributed by atoms with E-state index < -0.39 is 51.3 Å². The molecule has 0 spiro atoms. The van der Waals surface area contributed by atoms with Crippen molar-refractivity contribution in [2.75, 3.05) is 13.1 Å². The maximum absolute atomic E-state index is 13.1. The number of rotatable bonds is 8. The fourth-order valence-electron chi connectivity index (χ4n) is 3.76. The molecule has 14 heteroatoms. The lowest BCUT2D eigenvalue weighted by atomic mass is 10.0. The second kappa shape index (κ2) is 12.1. The average Bonchev–Trinajstić information content (AvgIpc) is 3.03. The molecule has 0 aromatic carbocycles. The average molecular weight is 666 g/mol. The van der Waals surface area contributed by atoms with Crippen LogP contribution in [-0.2, 0) is 19.6 Å². The molecule has 3 rings (SSSR count). The maximum atomic E-state index is 13.1. The molecule has 0 aliphatic carbocycles. The van der Waals surface area contributed by atoms with E-state index >= 15 is 0 Å². The summed E-state index contributed by atoms with van der Waals surface area (Å²) in [5, 5.41) is 17.0. The predicted molar refractivity (Wildman–Crippen MR) is 141 cm³/mol. The van der Waals surface area contributed by atoms with E-state index in [-0.39, 0.29) is 23.6 Å². The topological polar surface area (TPSA) is 140 Å². The first kappa shape index (κ1) is 28.7. The van der Waals surface area contributed by atoms with Crippen LogP contribution in [0.5, 0.6) is 0 Å². The van der Waals surface area contributed by atoms with Crippen molar-refractivity contribution in [3.8, 4) is 0 Å². The van der Waals surface area contributed by atoms with Gasteiger partial charge in [-0.1, -0.05) is 13.8 Å². The minimum absolute atomic E-state index is 0.0314. The van der Waals surface area contributed by atoms with Gasteiger partial charge in [0, 0.05) is 23.2 Å². The standard InChI is InChI=1S/C22H26Br2N4O6S2/c1-13(2)10-16(26-22(31)18-11-14(23)20(24)35-18)21(30)25-15-6-5-8-27(12-17(15)29)36(33,34)19-7-3-4-9-28(19)32/h3-4,7,9,11,13,15-16H,5-6,8,10,12H2,1-2H3,(H,25,30)(H,26,31)/t15-,16?/m0/s1. The fraction of sp³-hybridized carbons (Fsp3) is 0.455. The number of carbonyl (C=O) groups is 3. The molecule has 0 radical (unpaired) electrons. The van der Waals surface area contributed by atoms with Crippen molar-refractivity contribution < 1.29 is 27.5 Å². The van der Waals surface area contributed by atoms with Crippen LogP contribution in [0.4, 0.5) is 0 Å². The zero-order chi connectivity index (χ0) is 26.6. The van der Waals surface area contributed by atoms with Gasteiger partial charge in [-0.15, -0.1) is 11.3 Å². The van der Waals surface area contributed by atoms with Gasteiger partial charge >= 0.3 is 15.0 Å². The Bertz CT molecular complexity index is 1230. The molecule has 2 aromatic rings. The zero-order valence-corrected chi connectivity index (χ0v) is 24.4. The molecular weight excluding hydrogens is 640 g/mol. The number of nitrogens with one attached hydrogen (secondary N) is 2. The highest BCUT2D eigenvalue weighted by Crippen LogP contribution is 2.32. The van der Waals surface area contributed by atoms with Crippen molar-refractivity contribution in [1.82, 2.24) is 14.9 Å². The second-order valence-corrected chi connectivity index (χ2v) is 13.9. The van der Waals surface area contributed by atoms with Crippen LogP contribution in [0.2, 0.25) is 0 Å². The van der Waals surface area contributed by atoms with Gasteiger partial charge in [-0.25, -0.2) is 8.42 Å². The summed E-state index contributed by atoms with van der Waals surface area (Å²) < 4.78 is 28.6. The fourth-order valence-corrected chi connectivity index (χ4v) is 7.17. The molecule has 2 atom stereocenters. The summed E-state index contributed by atoms with van der Waals surface area (Å²) in [7, 11) is -4.19. The molecule has 1 fully saturated rings. The summed E-state index contributed by atoms with van der Waals surface area (Å²) in [6.45, 7) is 3.39. The quantitative estimate of drug-likeness (QED) is 0.328. The number of aromatic nitrogens is 1. The van der Waals surface area contributed by atoms with E-state index in [1.807, 2.05) is 13.8 Å². The number of hydrogen-bond donors (Lipinski definition) is 2.